The Morgan fingerprint density at radius 1 is 0.315 bits per heavy atom. The number of hydrogen-bond acceptors (Lipinski definition) is 4. The summed E-state index contributed by atoms with van der Waals surface area (Å²) in [5.41, 5.74) is 6.65. The maximum atomic E-state index is 16.9. The lowest BCUT2D eigenvalue weighted by Gasteiger charge is -2.18. The largest absolute Gasteiger partial charge is 0.249 e. The Morgan fingerprint density at radius 3 is 0.796 bits per heavy atom. The van der Waals surface area contributed by atoms with Crippen molar-refractivity contribution in [3.63, 3.8) is 0 Å². The van der Waals surface area contributed by atoms with Crippen LogP contribution in [0, 0.1) is 25.5 Å². The highest BCUT2D eigenvalue weighted by Gasteiger charge is 2.26. The first-order valence-electron chi connectivity index (χ1n) is 22.7. The topological polar surface area (TPSA) is 51.6 Å². The van der Waals surface area contributed by atoms with Crippen LogP contribution >= 0.6 is 0 Å². The van der Waals surface area contributed by atoms with E-state index in [1.807, 2.05) is 0 Å². The van der Waals surface area contributed by atoms with Crippen molar-refractivity contribution in [1.29, 1.82) is 0 Å². The fourth-order valence-corrected chi connectivity index (χ4v) is 8.22. The van der Waals surface area contributed by atoms with Crippen molar-refractivity contribution in [1.82, 2.24) is 19.9 Å². The summed E-state index contributed by atoms with van der Waals surface area (Å²) < 4.78 is 33.8. The molecule has 2 aromatic heterocycles. The average Bonchev–Trinajstić information content (AvgIpc) is 3.17. The number of unbranched alkanes of at least 4 members (excludes halogenated alkanes) is 20. The summed E-state index contributed by atoms with van der Waals surface area (Å²) in [4.78, 5) is 20.8. The van der Waals surface area contributed by atoms with Gasteiger partial charge in [-0.15, -0.1) is 0 Å². The Bertz CT molecular complexity index is 1610. The van der Waals surface area contributed by atoms with Gasteiger partial charge in [-0.05, 0) is 65.2 Å². The molecular weight excluding hydrogens is 671 g/mol. The third-order valence-electron chi connectivity index (χ3n) is 11.7. The van der Waals surface area contributed by atoms with Gasteiger partial charge >= 0.3 is 0 Å². The van der Waals surface area contributed by atoms with Gasteiger partial charge in [0.25, 0.3) is 0 Å². The SMILES string of the molecule is CCCCCCCCc1nc2c(C)c(F)c3c4nc(CCCCCCCC)c(CCCCCCCC)nc4c(C)c(F)c3c2nc1CCCCCCCC. The van der Waals surface area contributed by atoms with Crippen LogP contribution < -0.4 is 0 Å². The molecule has 0 spiro atoms. The molecule has 4 aromatic rings. The molecule has 54 heavy (non-hydrogen) atoms. The molecule has 0 atom stereocenters. The van der Waals surface area contributed by atoms with Crippen LogP contribution in [0.15, 0.2) is 0 Å². The van der Waals surface area contributed by atoms with E-state index in [0.29, 0.717) is 33.2 Å². The Morgan fingerprint density at radius 2 is 0.537 bits per heavy atom. The maximum Gasteiger partial charge on any atom is 0.138 e. The molecular formula is C48H74F2N4. The van der Waals surface area contributed by atoms with E-state index in [1.165, 1.54) is 103 Å². The molecule has 0 aliphatic heterocycles. The molecule has 6 heteroatoms. The molecule has 4 rings (SSSR count). The monoisotopic (exact) mass is 745 g/mol. The lowest BCUT2D eigenvalue weighted by atomic mass is 9.96. The molecule has 2 aromatic carbocycles. The third-order valence-corrected chi connectivity index (χ3v) is 11.7. The molecule has 0 bridgehead atoms. The summed E-state index contributed by atoms with van der Waals surface area (Å²) in [6.07, 6.45) is 32.0. The van der Waals surface area contributed by atoms with Crippen LogP contribution in [0.3, 0.4) is 0 Å². The summed E-state index contributed by atoms with van der Waals surface area (Å²) in [6.45, 7) is 12.6. The van der Waals surface area contributed by atoms with Crippen molar-refractivity contribution in [2.45, 2.75) is 221 Å². The highest BCUT2D eigenvalue weighted by molar-refractivity contribution is 6.16. The normalized spacial score (nSPS) is 11.9. The minimum atomic E-state index is -0.437. The molecule has 0 radical (unpaired) electrons. The summed E-state index contributed by atoms with van der Waals surface area (Å²) in [7, 11) is 0. The van der Waals surface area contributed by atoms with Crippen LogP contribution in [0.1, 0.15) is 216 Å². The number of fused-ring (bicyclic) bond motifs is 5. The van der Waals surface area contributed by atoms with Gasteiger partial charge in [-0.25, -0.2) is 28.7 Å². The molecule has 0 aliphatic carbocycles. The number of benzene rings is 2. The molecule has 0 aliphatic rings. The van der Waals surface area contributed by atoms with Crippen molar-refractivity contribution >= 4 is 32.8 Å². The molecule has 0 saturated heterocycles. The van der Waals surface area contributed by atoms with Crippen molar-refractivity contribution < 1.29 is 8.78 Å². The van der Waals surface area contributed by atoms with E-state index in [2.05, 4.69) is 27.7 Å². The number of hydrogen-bond donors (Lipinski definition) is 0. The molecule has 0 amide bonds. The summed E-state index contributed by atoms with van der Waals surface area (Å²) >= 11 is 0. The van der Waals surface area contributed by atoms with E-state index in [9.17, 15) is 0 Å². The Labute approximate surface area is 327 Å². The Kier molecular flexibility index (Phi) is 19.5. The van der Waals surface area contributed by atoms with E-state index < -0.39 is 11.6 Å². The highest BCUT2D eigenvalue weighted by Crippen LogP contribution is 2.38. The zero-order chi connectivity index (χ0) is 38.7. The van der Waals surface area contributed by atoms with Crippen molar-refractivity contribution in [3.8, 4) is 0 Å². The van der Waals surface area contributed by atoms with Gasteiger partial charge in [0.2, 0.25) is 0 Å². The second-order valence-electron chi connectivity index (χ2n) is 16.3. The smallest absolute Gasteiger partial charge is 0.138 e. The zero-order valence-corrected chi connectivity index (χ0v) is 35.3. The lowest BCUT2D eigenvalue weighted by Crippen LogP contribution is -2.09. The summed E-state index contributed by atoms with van der Waals surface area (Å²) in [5.74, 6) is -0.873. The lowest BCUT2D eigenvalue weighted by molar-refractivity contribution is 0.592. The van der Waals surface area contributed by atoms with Crippen LogP contribution in [-0.2, 0) is 25.7 Å². The second-order valence-corrected chi connectivity index (χ2v) is 16.3. The molecule has 0 unspecified atom stereocenters. The maximum absolute atomic E-state index is 16.9. The van der Waals surface area contributed by atoms with Gasteiger partial charge < -0.3 is 0 Å². The van der Waals surface area contributed by atoms with Crippen LogP contribution in [-0.4, -0.2) is 19.9 Å². The van der Waals surface area contributed by atoms with Gasteiger partial charge in [-0.1, -0.05) is 156 Å². The van der Waals surface area contributed by atoms with Crippen LogP contribution in [0.2, 0.25) is 0 Å². The van der Waals surface area contributed by atoms with Gasteiger partial charge in [0, 0.05) is 11.1 Å². The van der Waals surface area contributed by atoms with Gasteiger partial charge in [0.15, 0.2) is 0 Å². The first kappa shape index (κ1) is 44.0. The van der Waals surface area contributed by atoms with Gasteiger partial charge in [0.05, 0.1) is 44.6 Å². The zero-order valence-electron chi connectivity index (χ0n) is 35.3. The number of rotatable bonds is 28. The number of halogens is 2. The second kappa shape index (κ2) is 24.0. The van der Waals surface area contributed by atoms with Gasteiger partial charge in [-0.2, -0.15) is 0 Å². The fraction of sp³-hybridized carbons (Fsp3) is 0.708. The van der Waals surface area contributed by atoms with Crippen molar-refractivity contribution in [2.75, 3.05) is 0 Å². The third kappa shape index (κ3) is 12.1. The standard InChI is InChI=1S/C48H74F2N4/c1-7-11-15-19-23-27-31-37-39(33-29-25-21-17-13-9-3)53-47-41-42(43(49)35(5)45(47)51-37)48-46(36(6)44(41)50)52-38(32-28-24-20-16-12-8-2)40(54-48)34-30-26-22-18-14-10-4/h7-34H2,1-6H3. The molecule has 0 N–H and O–H groups in total. The summed E-state index contributed by atoms with van der Waals surface area (Å²) in [6, 6.07) is 0. The first-order chi connectivity index (χ1) is 26.4. The minimum absolute atomic E-state index is 0.226. The van der Waals surface area contributed by atoms with Crippen LogP contribution in [0.4, 0.5) is 8.78 Å². The van der Waals surface area contributed by atoms with E-state index in [-0.39, 0.29) is 10.8 Å². The number of nitrogens with zero attached hydrogens (tertiary/aromatic N) is 4. The van der Waals surface area contributed by atoms with Gasteiger partial charge in [0.1, 0.15) is 22.7 Å². The van der Waals surface area contributed by atoms with Crippen molar-refractivity contribution in [3.05, 3.63) is 45.5 Å². The predicted octanol–water partition coefficient (Wildman–Crippen LogP) is 15.2. The number of aryl methyl sites for hydroxylation is 6. The quantitative estimate of drug-likeness (QED) is 0.0429. The van der Waals surface area contributed by atoms with E-state index >= 15 is 8.78 Å². The number of aromatic nitrogens is 4. The Balaban J connectivity index is 1.80. The van der Waals surface area contributed by atoms with E-state index in [0.717, 1.165) is 99.8 Å². The van der Waals surface area contributed by atoms with Crippen molar-refractivity contribution in [2.24, 2.45) is 0 Å². The fourth-order valence-electron chi connectivity index (χ4n) is 8.22. The molecule has 2 heterocycles. The molecule has 300 valence electrons. The van der Waals surface area contributed by atoms with Crippen LogP contribution in [0.25, 0.3) is 32.8 Å². The first-order valence-corrected chi connectivity index (χ1v) is 22.7. The highest BCUT2D eigenvalue weighted by atomic mass is 19.1. The Hall–Kier alpha value is -2.76. The van der Waals surface area contributed by atoms with Gasteiger partial charge in [-0.3, -0.25) is 0 Å². The predicted molar refractivity (Wildman–Crippen MR) is 228 cm³/mol. The van der Waals surface area contributed by atoms with E-state index in [1.54, 1.807) is 13.8 Å². The molecule has 0 saturated carbocycles. The molecule has 0 fully saturated rings. The molecule has 4 nitrogen and oxygen atoms in total. The van der Waals surface area contributed by atoms with E-state index in [4.69, 9.17) is 19.9 Å². The average molecular weight is 745 g/mol. The summed E-state index contributed by atoms with van der Waals surface area (Å²) in [5, 5.41) is 0.453. The minimum Gasteiger partial charge on any atom is -0.249 e. The van der Waals surface area contributed by atoms with Crippen LogP contribution in [0.5, 0.6) is 0 Å².